The van der Waals surface area contributed by atoms with Gasteiger partial charge in [0.2, 0.25) is 0 Å². The molecule has 2 heteroatoms. The van der Waals surface area contributed by atoms with E-state index in [4.69, 9.17) is 0 Å². The van der Waals surface area contributed by atoms with Crippen molar-refractivity contribution in [2.24, 2.45) is 10.2 Å². The van der Waals surface area contributed by atoms with Gasteiger partial charge in [0.15, 0.2) is 0 Å². The molecule has 0 saturated carbocycles. The predicted molar refractivity (Wildman–Crippen MR) is 80.1 cm³/mol. The van der Waals surface area contributed by atoms with Crippen molar-refractivity contribution < 1.29 is 0 Å². The van der Waals surface area contributed by atoms with E-state index in [9.17, 15) is 0 Å². The molecule has 0 heterocycles. The quantitative estimate of drug-likeness (QED) is 0.417. The van der Waals surface area contributed by atoms with E-state index in [1.165, 1.54) is 0 Å². The van der Waals surface area contributed by atoms with Crippen LogP contribution in [0, 0.1) is 0 Å². The van der Waals surface area contributed by atoms with Crippen LogP contribution in [0.1, 0.15) is 0 Å². The van der Waals surface area contributed by atoms with Crippen LogP contribution in [-0.4, -0.2) is 0 Å². The molecular weight excluding hydrogens is 220 g/mol. The lowest BCUT2D eigenvalue weighted by Gasteiger charge is -1.92. The molecule has 0 aliphatic rings. The lowest BCUT2D eigenvalue weighted by molar-refractivity contribution is 1.12. The Kier molecular flexibility index (Phi) is 9.50. The summed E-state index contributed by atoms with van der Waals surface area (Å²) in [5.74, 6) is 0. The molecule has 0 saturated heterocycles. The highest BCUT2D eigenvalue weighted by molar-refractivity contribution is 5.26. The Balaban J connectivity index is 5.03. The van der Waals surface area contributed by atoms with Gasteiger partial charge in [-0.15, -0.1) is 0 Å². The number of hydrogen-bond donors (Lipinski definition) is 0. The monoisotopic (exact) mass is 238 g/mol. The first-order chi connectivity index (χ1) is 8.78. The minimum Gasteiger partial charge on any atom is -0.151 e. The summed E-state index contributed by atoms with van der Waals surface area (Å²) in [5, 5.41) is 8.20. The summed E-state index contributed by atoms with van der Waals surface area (Å²) in [6.07, 6.45) is 17.3. The second-order valence-electron chi connectivity index (χ2n) is 3.04. The molecular formula is C16H18N2. The third-order valence-corrected chi connectivity index (χ3v) is 1.66. The highest BCUT2D eigenvalue weighted by atomic mass is 15.1. The van der Waals surface area contributed by atoms with Crippen LogP contribution in [0.3, 0.4) is 0 Å². The second kappa shape index (κ2) is 11.0. The molecule has 0 spiro atoms. The molecule has 0 bridgehead atoms. The minimum atomic E-state index is 0.687. The van der Waals surface area contributed by atoms with Gasteiger partial charge in [0, 0.05) is 0 Å². The van der Waals surface area contributed by atoms with Crippen molar-refractivity contribution in [3.8, 4) is 0 Å². The largest absolute Gasteiger partial charge is 0.151 e. The van der Waals surface area contributed by atoms with E-state index >= 15 is 0 Å². The van der Waals surface area contributed by atoms with E-state index in [0.717, 1.165) is 0 Å². The van der Waals surface area contributed by atoms with Crippen molar-refractivity contribution in [2.45, 2.75) is 0 Å². The Morgan fingerprint density at radius 2 is 1.00 bits per heavy atom. The zero-order valence-corrected chi connectivity index (χ0v) is 10.5. The molecule has 0 aromatic heterocycles. The predicted octanol–water partition coefficient (Wildman–Crippen LogP) is 5.06. The van der Waals surface area contributed by atoms with Gasteiger partial charge >= 0.3 is 0 Å². The van der Waals surface area contributed by atoms with Crippen LogP contribution in [0.5, 0.6) is 0 Å². The normalized spacial score (nSPS) is 13.3. The molecule has 0 aromatic carbocycles. The van der Waals surface area contributed by atoms with Gasteiger partial charge in [-0.1, -0.05) is 62.8 Å². The third kappa shape index (κ3) is 7.77. The highest BCUT2D eigenvalue weighted by Crippen LogP contribution is 2.07. The van der Waals surface area contributed by atoms with Crippen LogP contribution in [0.15, 0.2) is 109 Å². The molecule has 0 aromatic rings. The fourth-order valence-corrected chi connectivity index (χ4v) is 0.935. The van der Waals surface area contributed by atoms with E-state index in [1.54, 1.807) is 60.8 Å². The van der Waals surface area contributed by atoms with Gasteiger partial charge in [0.05, 0.1) is 11.4 Å². The Morgan fingerprint density at radius 3 is 1.28 bits per heavy atom. The Hall–Kier alpha value is -2.48. The summed E-state index contributed by atoms with van der Waals surface area (Å²) in [4.78, 5) is 0. The average Bonchev–Trinajstić information content (AvgIpc) is 2.38. The minimum absolute atomic E-state index is 0.687. The van der Waals surface area contributed by atoms with E-state index < -0.39 is 0 Å². The van der Waals surface area contributed by atoms with Gasteiger partial charge in [-0.3, -0.25) is 0 Å². The first kappa shape index (κ1) is 15.5. The molecule has 0 unspecified atom stereocenters. The van der Waals surface area contributed by atoms with E-state index in [2.05, 4.69) is 36.5 Å². The van der Waals surface area contributed by atoms with Gasteiger partial charge in [-0.2, -0.15) is 10.2 Å². The molecule has 0 N–H and O–H groups in total. The van der Waals surface area contributed by atoms with Gasteiger partial charge in [-0.25, -0.2) is 0 Å². The highest BCUT2D eigenvalue weighted by Gasteiger charge is 1.88. The van der Waals surface area contributed by atoms with Crippen molar-refractivity contribution in [3.63, 3.8) is 0 Å². The first-order valence-electron chi connectivity index (χ1n) is 5.43. The fourth-order valence-electron chi connectivity index (χ4n) is 0.935. The van der Waals surface area contributed by atoms with Crippen molar-refractivity contribution in [2.75, 3.05) is 0 Å². The van der Waals surface area contributed by atoms with Crippen LogP contribution in [-0.2, 0) is 0 Å². The molecule has 18 heavy (non-hydrogen) atoms. The fraction of sp³-hybridized carbons (Fsp3) is 0. The molecule has 0 atom stereocenters. The molecule has 0 rings (SSSR count). The van der Waals surface area contributed by atoms with E-state index in [1.807, 2.05) is 0 Å². The number of rotatable bonds is 8. The Labute approximate surface area is 109 Å². The Morgan fingerprint density at radius 1 is 0.611 bits per heavy atom. The van der Waals surface area contributed by atoms with Crippen molar-refractivity contribution >= 4 is 0 Å². The maximum Gasteiger partial charge on any atom is 0.0856 e. The SMILES string of the molecule is C=C\C=C/C(=C\C=C)/N=N\C(\C=C/C=C)=C\C=C. The van der Waals surface area contributed by atoms with Crippen molar-refractivity contribution in [3.05, 3.63) is 98.5 Å². The van der Waals surface area contributed by atoms with Crippen LogP contribution in [0.25, 0.3) is 0 Å². The summed E-state index contributed by atoms with van der Waals surface area (Å²) in [6.45, 7) is 14.4. The van der Waals surface area contributed by atoms with Gasteiger partial charge in [-0.05, 0) is 24.3 Å². The zero-order chi connectivity index (χ0) is 13.6. The van der Waals surface area contributed by atoms with Gasteiger partial charge in [0.1, 0.15) is 0 Å². The molecule has 0 aliphatic heterocycles. The summed E-state index contributed by atoms with van der Waals surface area (Å²) in [6, 6.07) is 0. The summed E-state index contributed by atoms with van der Waals surface area (Å²) < 4.78 is 0. The molecule has 0 fully saturated rings. The molecule has 0 aliphatic carbocycles. The lowest BCUT2D eigenvalue weighted by atomic mass is 10.3. The lowest BCUT2D eigenvalue weighted by Crippen LogP contribution is -1.73. The van der Waals surface area contributed by atoms with Crippen LogP contribution >= 0.6 is 0 Å². The summed E-state index contributed by atoms with van der Waals surface area (Å²) in [5.41, 5.74) is 1.37. The first-order valence-corrected chi connectivity index (χ1v) is 5.43. The number of hydrogen-bond acceptors (Lipinski definition) is 2. The van der Waals surface area contributed by atoms with Crippen LogP contribution in [0.4, 0.5) is 0 Å². The van der Waals surface area contributed by atoms with E-state index in [0.29, 0.717) is 11.4 Å². The summed E-state index contributed by atoms with van der Waals surface area (Å²) in [7, 11) is 0. The molecule has 0 radical (unpaired) electrons. The maximum absolute atomic E-state index is 4.10. The van der Waals surface area contributed by atoms with Gasteiger partial charge < -0.3 is 0 Å². The zero-order valence-electron chi connectivity index (χ0n) is 10.5. The molecule has 0 amide bonds. The van der Waals surface area contributed by atoms with Crippen molar-refractivity contribution in [1.82, 2.24) is 0 Å². The number of azo groups is 1. The smallest absolute Gasteiger partial charge is 0.0856 e. The molecule has 92 valence electrons. The standard InChI is InChI=1S/C16H18N2/c1-5-9-13-15(11-7-3)17-18-16(12-8-4)14-10-6-2/h5-14H,1-4H2/b13-9-,14-10-,15-11+,16-12+,18-17-. The second-order valence-corrected chi connectivity index (χ2v) is 3.04. The summed E-state index contributed by atoms with van der Waals surface area (Å²) >= 11 is 0. The van der Waals surface area contributed by atoms with E-state index in [-0.39, 0.29) is 0 Å². The number of nitrogens with zero attached hydrogens (tertiary/aromatic N) is 2. The number of allylic oxidation sites excluding steroid dienone is 10. The topological polar surface area (TPSA) is 24.7 Å². The van der Waals surface area contributed by atoms with Crippen LogP contribution in [0.2, 0.25) is 0 Å². The van der Waals surface area contributed by atoms with Crippen molar-refractivity contribution in [1.29, 1.82) is 0 Å². The molecule has 2 nitrogen and oxygen atoms in total. The Bertz CT molecular complexity index is 402. The average molecular weight is 238 g/mol. The third-order valence-electron chi connectivity index (χ3n) is 1.66. The van der Waals surface area contributed by atoms with Gasteiger partial charge in [0.25, 0.3) is 0 Å². The maximum atomic E-state index is 4.10. The van der Waals surface area contributed by atoms with Crippen LogP contribution < -0.4 is 0 Å².